The highest BCUT2D eigenvalue weighted by molar-refractivity contribution is 5.39. The van der Waals surface area contributed by atoms with Crippen LogP contribution in [0.2, 0.25) is 0 Å². The van der Waals surface area contributed by atoms with E-state index < -0.39 is 0 Å². The summed E-state index contributed by atoms with van der Waals surface area (Å²) >= 11 is 0. The van der Waals surface area contributed by atoms with Crippen molar-refractivity contribution in [3.05, 3.63) is 90.0 Å². The van der Waals surface area contributed by atoms with Crippen LogP contribution in [0.25, 0.3) is 0 Å². The van der Waals surface area contributed by atoms with Gasteiger partial charge in [0.2, 0.25) is 0 Å². The van der Waals surface area contributed by atoms with Gasteiger partial charge in [0.05, 0.1) is 0 Å². The fraction of sp³-hybridized carbons (Fsp3) is 0.250. The van der Waals surface area contributed by atoms with Crippen molar-refractivity contribution in [3.63, 3.8) is 0 Å². The number of ether oxygens (including phenoxy) is 2. The van der Waals surface area contributed by atoms with Crippen LogP contribution in [0, 0.1) is 0 Å². The first-order chi connectivity index (χ1) is 13.2. The second kappa shape index (κ2) is 9.79. The van der Waals surface area contributed by atoms with Crippen LogP contribution in [0.4, 0.5) is 0 Å². The molecule has 0 saturated carbocycles. The molecular weight excluding hydrogens is 334 g/mol. The van der Waals surface area contributed by atoms with Gasteiger partial charge in [-0.15, -0.1) is 0 Å². The zero-order chi connectivity index (χ0) is 18.9. The zero-order valence-electron chi connectivity index (χ0n) is 16.1. The van der Waals surface area contributed by atoms with Crippen LogP contribution in [-0.2, 0) is 13.0 Å². The summed E-state index contributed by atoms with van der Waals surface area (Å²) in [5.74, 6) is 2.59. The van der Waals surface area contributed by atoms with Crippen molar-refractivity contribution in [2.45, 2.75) is 19.4 Å². The van der Waals surface area contributed by atoms with Gasteiger partial charge in [0.1, 0.15) is 23.9 Å². The second-order valence-electron chi connectivity index (χ2n) is 6.86. The van der Waals surface area contributed by atoms with Crippen LogP contribution in [0.3, 0.4) is 0 Å². The van der Waals surface area contributed by atoms with Gasteiger partial charge < -0.3 is 14.4 Å². The van der Waals surface area contributed by atoms with Gasteiger partial charge in [-0.2, -0.15) is 0 Å². The number of aryl methyl sites for hydroxylation is 1. The molecule has 0 aliphatic carbocycles. The Bertz CT molecular complexity index is 813. The zero-order valence-corrected chi connectivity index (χ0v) is 16.1. The maximum atomic E-state index is 6.12. The molecule has 0 fully saturated rings. The Hall–Kier alpha value is -2.78. The molecule has 140 valence electrons. The average Bonchev–Trinajstić information content (AvgIpc) is 2.69. The van der Waals surface area contributed by atoms with Crippen molar-refractivity contribution in [2.75, 3.05) is 20.6 Å². The monoisotopic (exact) mass is 361 g/mol. The molecule has 0 bridgehead atoms. The summed E-state index contributed by atoms with van der Waals surface area (Å²) in [5, 5.41) is 0. The molecular formula is C24H27NO2. The number of nitrogens with zero attached hydrogens (tertiary/aromatic N) is 1. The lowest BCUT2D eigenvalue weighted by Crippen LogP contribution is -2.13. The summed E-state index contributed by atoms with van der Waals surface area (Å²) in [4.78, 5) is 2.21. The third-order valence-electron chi connectivity index (χ3n) is 4.32. The molecule has 3 aromatic carbocycles. The van der Waals surface area contributed by atoms with E-state index in [1.165, 1.54) is 5.56 Å². The van der Waals surface area contributed by atoms with Gasteiger partial charge >= 0.3 is 0 Å². The molecule has 0 aliphatic rings. The number of benzene rings is 3. The number of hydrogen-bond acceptors (Lipinski definition) is 3. The van der Waals surface area contributed by atoms with E-state index >= 15 is 0 Å². The lowest BCUT2D eigenvalue weighted by Gasteiger charge is -2.13. The Balaban J connectivity index is 1.58. The summed E-state index contributed by atoms with van der Waals surface area (Å²) in [7, 11) is 4.20. The van der Waals surface area contributed by atoms with Crippen LogP contribution in [-0.4, -0.2) is 25.5 Å². The first-order valence-corrected chi connectivity index (χ1v) is 9.38. The molecule has 0 unspecified atom stereocenters. The van der Waals surface area contributed by atoms with Crippen LogP contribution in [0.5, 0.6) is 17.2 Å². The standard InChI is InChI=1S/C24H27NO2/c1-25(2)18-8-12-21-11-6-7-13-24(21)27-23-16-14-22(15-17-23)26-19-20-9-4-3-5-10-20/h3-7,9-11,13-17H,8,12,18-19H2,1-2H3. The van der Waals surface area contributed by atoms with Crippen molar-refractivity contribution in [1.29, 1.82) is 0 Å². The molecule has 0 amide bonds. The van der Waals surface area contributed by atoms with E-state index in [2.05, 4.69) is 43.3 Å². The SMILES string of the molecule is CN(C)CCCc1ccccc1Oc1ccc(OCc2ccccc2)cc1. The Kier molecular flexibility index (Phi) is 6.89. The van der Waals surface area contributed by atoms with E-state index in [1.54, 1.807) is 0 Å². The minimum Gasteiger partial charge on any atom is -0.489 e. The van der Waals surface area contributed by atoms with Gasteiger partial charge in [-0.1, -0.05) is 48.5 Å². The van der Waals surface area contributed by atoms with Gasteiger partial charge in [0.25, 0.3) is 0 Å². The third kappa shape index (κ3) is 6.15. The van der Waals surface area contributed by atoms with Gasteiger partial charge in [-0.25, -0.2) is 0 Å². The Morgan fingerprint density at radius 2 is 1.41 bits per heavy atom. The topological polar surface area (TPSA) is 21.7 Å². The van der Waals surface area contributed by atoms with Crippen molar-refractivity contribution in [2.24, 2.45) is 0 Å². The first kappa shape index (κ1) is 19.0. The van der Waals surface area contributed by atoms with Gasteiger partial charge in [0, 0.05) is 0 Å². The van der Waals surface area contributed by atoms with E-state index in [0.29, 0.717) is 6.61 Å². The summed E-state index contributed by atoms with van der Waals surface area (Å²) < 4.78 is 12.0. The van der Waals surface area contributed by atoms with Crippen LogP contribution in [0.15, 0.2) is 78.9 Å². The minimum absolute atomic E-state index is 0.565. The van der Waals surface area contributed by atoms with Gasteiger partial charge in [-0.05, 0) is 74.9 Å². The van der Waals surface area contributed by atoms with E-state index in [9.17, 15) is 0 Å². The highest BCUT2D eigenvalue weighted by atomic mass is 16.5. The average molecular weight is 361 g/mol. The molecule has 0 heterocycles. The van der Waals surface area contributed by atoms with Gasteiger partial charge in [0.15, 0.2) is 0 Å². The fourth-order valence-electron chi connectivity index (χ4n) is 2.87. The lowest BCUT2D eigenvalue weighted by molar-refractivity contribution is 0.306. The maximum Gasteiger partial charge on any atom is 0.130 e. The molecule has 0 aliphatic heterocycles. The Labute approximate surface area is 162 Å². The number of hydrogen-bond donors (Lipinski definition) is 0. The van der Waals surface area contributed by atoms with Gasteiger partial charge in [-0.3, -0.25) is 0 Å². The molecule has 0 atom stereocenters. The number of rotatable bonds is 9. The van der Waals surface area contributed by atoms with Crippen molar-refractivity contribution < 1.29 is 9.47 Å². The van der Waals surface area contributed by atoms with Crippen molar-refractivity contribution in [1.82, 2.24) is 4.90 Å². The van der Waals surface area contributed by atoms with Crippen molar-refractivity contribution >= 4 is 0 Å². The van der Waals surface area contributed by atoms with Crippen LogP contribution in [0.1, 0.15) is 17.5 Å². The predicted octanol–water partition coefficient (Wildman–Crippen LogP) is 5.55. The van der Waals surface area contributed by atoms with Crippen LogP contribution >= 0.6 is 0 Å². The van der Waals surface area contributed by atoms with E-state index in [-0.39, 0.29) is 0 Å². The molecule has 0 aromatic heterocycles. The fourth-order valence-corrected chi connectivity index (χ4v) is 2.87. The molecule has 0 N–H and O–H groups in total. The first-order valence-electron chi connectivity index (χ1n) is 9.38. The molecule has 3 aromatic rings. The molecule has 0 saturated heterocycles. The predicted molar refractivity (Wildman–Crippen MR) is 111 cm³/mol. The molecule has 0 spiro atoms. The smallest absolute Gasteiger partial charge is 0.130 e. The highest BCUT2D eigenvalue weighted by Gasteiger charge is 2.05. The summed E-state index contributed by atoms with van der Waals surface area (Å²) in [6.07, 6.45) is 2.12. The third-order valence-corrected chi connectivity index (χ3v) is 4.32. The Morgan fingerprint density at radius 3 is 2.15 bits per heavy atom. The number of para-hydroxylation sites is 1. The molecule has 3 rings (SSSR count). The Morgan fingerprint density at radius 1 is 0.741 bits per heavy atom. The van der Waals surface area contributed by atoms with E-state index in [1.807, 2.05) is 54.6 Å². The summed E-state index contributed by atoms with van der Waals surface area (Å²) in [6, 6.07) is 26.2. The summed E-state index contributed by atoms with van der Waals surface area (Å²) in [5.41, 5.74) is 2.40. The minimum atomic E-state index is 0.565. The largest absolute Gasteiger partial charge is 0.489 e. The molecule has 27 heavy (non-hydrogen) atoms. The second-order valence-corrected chi connectivity index (χ2v) is 6.86. The summed E-state index contributed by atoms with van der Waals surface area (Å²) in [6.45, 7) is 1.64. The maximum absolute atomic E-state index is 6.12. The highest BCUT2D eigenvalue weighted by Crippen LogP contribution is 2.28. The van der Waals surface area contributed by atoms with E-state index in [0.717, 1.165) is 42.2 Å². The molecule has 3 nitrogen and oxygen atoms in total. The van der Waals surface area contributed by atoms with E-state index in [4.69, 9.17) is 9.47 Å². The molecule has 3 heteroatoms. The van der Waals surface area contributed by atoms with Crippen LogP contribution < -0.4 is 9.47 Å². The quantitative estimate of drug-likeness (QED) is 0.498. The molecule has 0 radical (unpaired) electrons. The van der Waals surface area contributed by atoms with Crippen molar-refractivity contribution in [3.8, 4) is 17.2 Å². The normalized spacial score (nSPS) is 10.8. The lowest BCUT2D eigenvalue weighted by atomic mass is 10.1.